The molecule has 7 nitrogen and oxygen atoms in total. The summed E-state index contributed by atoms with van der Waals surface area (Å²) in [5, 5.41) is 2.61. The van der Waals surface area contributed by atoms with Gasteiger partial charge < -0.3 is 10.1 Å². The van der Waals surface area contributed by atoms with Gasteiger partial charge in [-0.15, -0.1) is 0 Å². The van der Waals surface area contributed by atoms with Crippen molar-refractivity contribution in [3.63, 3.8) is 0 Å². The molecular formula is C19H22N2O5S. The summed E-state index contributed by atoms with van der Waals surface area (Å²) >= 11 is 0. The van der Waals surface area contributed by atoms with Gasteiger partial charge in [-0.1, -0.05) is 23.8 Å². The van der Waals surface area contributed by atoms with Gasteiger partial charge in [-0.3, -0.25) is 4.79 Å². The zero-order valence-electron chi connectivity index (χ0n) is 15.4. The second kappa shape index (κ2) is 8.79. The lowest BCUT2D eigenvalue weighted by Crippen LogP contribution is -2.30. The third-order valence-electron chi connectivity index (χ3n) is 3.44. The lowest BCUT2D eigenvalue weighted by molar-refractivity contribution is -0.119. The van der Waals surface area contributed by atoms with E-state index in [1.165, 1.54) is 24.3 Å². The summed E-state index contributed by atoms with van der Waals surface area (Å²) in [6.45, 7) is 4.84. The van der Waals surface area contributed by atoms with Crippen LogP contribution in [0.15, 0.2) is 53.4 Å². The number of anilines is 1. The van der Waals surface area contributed by atoms with Crippen molar-refractivity contribution in [2.75, 3.05) is 11.9 Å². The highest BCUT2D eigenvalue weighted by atomic mass is 32.2. The van der Waals surface area contributed by atoms with Crippen LogP contribution < -0.4 is 10.0 Å². The van der Waals surface area contributed by atoms with Crippen LogP contribution >= 0.6 is 0 Å². The number of sulfonamides is 1. The van der Waals surface area contributed by atoms with Gasteiger partial charge in [0, 0.05) is 11.7 Å². The van der Waals surface area contributed by atoms with E-state index in [4.69, 9.17) is 4.74 Å². The maximum absolute atomic E-state index is 12.2. The number of benzene rings is 2. The molecule has 0 spiro atoms. The van der Waals surface area contributed by atoms with Crippen LogP contribution in [-0.4, -0.2) is 32.9 Å². The molecule has 0 saturated carbocycles. The topological polar surface area (TPSA) is 102 Å². The highest BCUT2D eigenvalue weighted by molar-refractivity contribution is 7.89. The standard InChI is InChI=1S/C19H22N2O5S/c1-13(2)21-27(24,25)17-6-4-5-15(11-17)19(23)26-12-18(22)20-16-9-7-14(3)8-10-16/h4-11,13,21H,12H2,1-3H3,(H,20,22). The lowest BCUT2D eigenvalue weighted by atomic mass is 10.2. The average Bonchev–Trinajstić information content (AvgIpc) is 2.61. The van der Waals surface area contributed by atoms with Crippen LogP contribution in [0.3, 0.4) is 0 Å². The van der Waals surface area contributed by atoms with Crippen molar-refractivity contribution in [2.24, 2.45) is 0 Å². The van der Waals surface area contributed by atoms with Gasteiger partial charge >= 0.3 is 5.97 Å². The first-order valence-corrected chi connectivity index (χ1v) is 9.82. The fourth-order valence-corrected chi connectivity index (χ4v) is 3.51. The zero-order valence-corrected chi connectivity index (χ0v) is 16.2. The third-order valence-corrected chi connectivity index (χ3v) is 5.10. The van der Waals surface area contributed by atoms with Gasteiger partial charge in [0.1, 0.15) is 0 Å². The van der Waals surface area contributed by atoms with Gasteiger partial charge in [0.25, 0.3) is 5.91 Å². The molecule has 0 aliphatic carbocycles. The molecule has 0 radical (unpaired) electrons. The van der Waals surface area contributed by atoms with Gasteiger partial charge in [0.2, 0.25) is 10.0 Å². The molecule has 0 heterocycles. The summed E-state index contributed by atoms with van der Waals surface area (Å²) in [5.74, 6) is -1.27. The summed E-state index contributed by atoms with van der Waals surface area (Å²) < 4.78 is 31.8. The van der Waals surface area contributed by atoms with Crippen molar-refractivity contribution >= 4 is 27.6 Å². The average molecular weight is 390 g/mol. The maximum atomic E-state index is 12.2. The van der Waals surface area contributed by atoms with E-state index in [0.29, 0.717) is 5.69 Å². The van der Waals surface area contributed by atoms with Gasteiger partial charge in [-0.05, 0) is 51.1 Å². The molecular weight excluding hydrogens is 368 g/mol. The van der Waals surface area contributed by atoms with E-state index in [0.717, 1.165) is 5.56 Å². The molecule has 0 bridgehead atoms. The Kier molecular flexibility index (Phi) is 6.70. The maximum Gasteiger partial charge on any atom is 0.338 e. The lowest BCUT2D eigenvalue weighted by Gasteiger charge is -2.11. The Bertz CT molecular complexity index is 921. The van der Waals surface area contributed by atoms with E-state index in [1.54, 1.807) is 26.0 Å². The summed E-state index contributed by atoms with van der Waals surface area (Å²) in [4.78, 5) is 24.0. The van der Waals surface area contributed by atoms with Crippen molar-refractivity contribution in [1.29, 1.82) is 0 Å². The Morgan fingerprint density at radius 2 is 1.74 bits per heavy atom. The van der Waals surface area contributed by atoms with E-state index < -0.39 is 28.5 Å². The largest absolute Gasteiger partial charge is 0.452 e. The van der Waals surface area contributed by atoms with E-state index in [1.807, 2.05) is 19.1 Å². The van der Waals surface area contributed by atoms with Crippen LogP contribution in [0.5, 0.6) is 0 Å². The van der Waals surface area contributed by atoms with Crippen LogP contribution in [0.4, 0.5) is 5.69 Å². The van der Waals surface area contributed by atoms with Crippen LogP contribution in [0.2, 0.25) is 0 Å². The van der Waals surface area contributed by atoms with Crippen LogP contribution in [0, 0.1) is 6.92 Å². The number of rotatable bonds is 7. The Morgan fingerprint density at radius 3 is 2.37 bits per heavy atom. The van der Waals surface area contributed by atoms with E-state index in [9.17, 15) is 18.0 Å². The van der Waals surface area contributed by atoms with Crippen LogP contribution in [0.25, 0.3) is 0 Å². The summed E-state index contributed by atoms with van der Waals surface area (Å²) in [7, 11) is -3.73. The summed E-state index contributed by atoms with van der Waals surface area (Å²) in [6, 6.07) is 12.4. The van der Waals surface area contributed by atoms with Gasteiger partial charge in [-0.25, -0.2) is 17.9 Å². The monoisotopic (exact) mass is 390 g/mol. The highest BCUT2D eigenvalue weighted by Gasteiger charge is 2.18. The molecule has 0 atom stereocenters. The number of hydrogen-bond donors (Lipinski definition) is 2. The quantitative estimate of drug-likeness (QED) is 0.707. The molecule has 0 aliphatic rings. The number of carbonyl (C=O) groups excluding carboxylic acids is 2. The Balaban J connectivity index is 1.98. The number of amides is 1. The number of nitrogens with one attached hydrogen (secondary N) is 2. The van der Waals surface area contributed by atoms with Crippen LogP contribution in [-0.2, 0) is 19.6 Å². The smallest absolute Gasteiger partial charge is 0.338 e. The number of ether oxygens (including phenoxy) is 1. The molecule has 8 heteroatoms. The van der Waals surface area contributed by atoms with E-state index >= 15 is 0 Å². The zero-order chi connectivity index (χ0) is 20.0. The summed E-state index contributed by atoms with van der Waals surface area (Å²) in [6.07, 6.45) is 0. The first kappa shape index (κ1) is 20.6. The van der Waals surface area contributed by atoms with Crippen molar-refractivity contribution in [1.82, 2.24) is 4.72 Å². The predicted molar refractivity (Wildman–Crippen MR) is 102 cm³/mol. The number of hydrogen-bond acceptors (Lipinski definition) is 5. The van der Waals surface area contributed by atoms with Gasteiger partial charge in [0.05, 0.1) is 10.5 Å². The molecule has 0 aliphatic heterocycles. The second-order valence-corrected chi connectivity index (χ2v) is 8.01. The minimum atomic E-state index is -3.73. The molecule has 2 rings (SSSR count). The van der Waals surface area contributed by atoms with Crippen molar-refractivity contribution < 1.29 is 22.7 Å². The number of aryl methyl sites for hydroxylation is 1. The molecule has 144 valence electrons. The third kappa shape index (κ3) is 6.19. The fraction of sp³-hybridized carbons (Fsp3) is 0.263. The fourth-order valence-electron chi connectivity index (χ4n) is 2.22. The normalized spacial score (nSPS) is 11.3. The number of carbonyl (C=O) groups is 2. The molecule has 2 aromatic carbocycles. The Labute approximate surface area is 158 Å². The molecule has 0 fully saturated rings. The molecule has 2 aromatic rings. The second-order valence-electron chi connectivity index (χ2n) is 6.29. The predicted octanol–water partition coefficient (Wildman–Crippen LogP) is 2.48. The van der Waals surface area contributed by atoms with E-state index in [-0.39, 0.29) is 16.5 Å². The molecule has 2 N–H and O–H groups in total. The van der Waals surface area contributed by atoms with Gasteiger partial charge in [0.15, 0.2) is 6.61 Å². The van der Waals surface area contributed by atoms with Crippen molar-refractivity contribution in [3.8, 4) is 0 Å². The Morgan fingerprint density at radius 1 is 1.07 bits per heavy atom. The Hall–Kier alpha value is -2.71. The highest BCUT2D eigenvalue weighted by Crippen LogP contribution is 2.13. The SMILES string of the molecule is Cc1ccc(NC(=O)COC(=O)c2cccc(S(=O)(=O)NC(C)C)c2)cc1. The molecule has 0 aromatic heterocycles. The van der Waals surface area contributed by atoms with Crippen molar-refractivity contribution in [3.05, 3.63) is 59.7 Å². The first-order chi connectivity index (χ1) is 12.7. The van der Waals surface area contributed by atoms with Crippen molar-refractivity contribution in [2.45, 2.75) is 31.7 Å². The summed E-state index contributed by atoms with van der Waals surface area (Å²) in [5.41, 5.74) is 1.69. The minimum absolute atomic E-state index is 0.0461. The first-order valence-electron chi connectivity index (χ1n) is 8.33. The van der Waals surface area contributed by atoms with Crippen LogP contribution in [0.1, 0.15) is 29.8 Å². The van der Waals surface area contributed by atoms with Gasteiger partial charge in [-0.2, -0.15) is 0 Å². The number of esters is 1. The van der Waals surface area contributed by atoms with E-state index in [2.05, 4.69) is 10.0 Å². The molecule has 0 saturated heterocycles. The molecule has 0 unspecified atom stereocenters. The molecule has 27 heavy (non-hydrogen) atoms. The minimum Gasteiger partial charge on any atom is -0.452 e. The molecule has 1 amide bonds.